The lowest BCUT2D eigenvalue weighted by Crippen LogP contribution is -2.49. The highest BCUT2D eigenvalue weighted by Crippen LogP contribution is 2.30. The van der Waals surface area contributed by atoms with E-state index in [0.717, 1.165) is 30.7 Å². The molecule has 0 aliphatic rings. The van der Waals surface area contributed by atoms with Crippen LogP contribution in [0.3, 0.4) is 0 Å². The van der Waals surface area contributed by atoms with Crippen LogP contribution in [-0.4, -0.2) is 106 Å². The number of hydrogen-bond acceptors (Lipinski definition) is 15. The van der Waals surface area contributed by atoms with E-state index in [2.05, 4.69) is 16.0 Å². The number of methoxy groups -OCH3 is 1. The summed E-state index contributed by atoms with van der Waals surface area (Å²) in [5, 5.41) is 8.73. The normalized spacial score (nSPS) is 12.1. The minimum absolute atomic E-state index is 0.0100. The van der Waals surface area contributed by atoms with Crippen molar-refractivity contribution < 1.29 is 71.2 Å². The van der Waals surface area contributed by atoms with Gasteiger partial charge in [-0.05, 0) is 79.6 Å². The summed E-state index contributed by atoms with van der Waals surface area (Å²) in [5.41, 5.74) is 1.13. The number of unbranched alkanes of at least 4 members (excludes halogenated alkanes) is 4. The topological polar surface area (TPSA) is 244 Å². The highest BCUT2D eigenvalue weighted by Gasteiger charge is 2.34. The average molecular weight is 977 g/mol. The fraction of sp³-hybridized carbons (Fsp3) is 0.520. The first-order valence-electron chi connectivity index (χ1n) is 24.0. The molecule has 0 fully saturated rings. The Bertz CT molecular complexity index is 2210. The number of carbonyl (C=O) groups is 8. The summed E-state index contributed by atoms with van der Waals surface area (Å²) in [5.74, 6) is -5.43. The maximum atomic E-state index is 13.8. The Morgan fingerprint density at radius 2 is 1.49 bits per heavy atom. The van der Waals surface area contributed by atoms with Crippen molar-refractivity contribution >= 4 is 55.5 Å². The van der Waals surface area contributed by atoms with E-state index in [0.29, 0.717) is 49.0 Å². The molecule has 0 aliphatic carbocycles. The fourth-order valence-corrected chi connectivity index (χ4v) is 7.16. The van der Waals surface area contributed by atoms with Crippen LogP contribution < -0.4 is 25.4 Å². The van der Waals surface area contributed by atoms with E-state index in [1.165, 1.54) is 37.4 Å². The van der Waals surface area contributed by atoms with E-state index < -0.39 is 72.6 Å². The van der Waals surface area contributed by atoms with Crippen LogP contribution >= 0.6 is 0 Å². The van der Waals surface area contributed by atoms with Gasteiger partial charge in [0, 0.05) is 5.56 Å². The van der Waals surface area contributed by atoms with Gasteiger partial charge in [-0.15, -0.1) is 0 Å². The zero-order valence-corrected chi connectivity index (χ0v) is 41.7. The van der Waals surface area contributed by atoms with E-state index in [-0.39, 0.29) is 68.1 Å². The smallest absolute Gasteiger partial charge is 0.363 e. The average Bonchev–Trinajstić information content (AvgIpc) is 3.85. The van der Waals surface area contributed by atoms with Crippen molar-refractivity contribution in [3.05, 3.63) is 71.0 Å². The number of rotatable bonds is 32. The molecular weight excluding hydrogens is 907 g/mol. The number of ether oxygens (including phenoxy) is 4. The molecule has 1 heterocycles. The molecule has 382 valence electrons. The highest BCUT2D eigenvalue weighted by molar-refractivity contribution is 6.28. The van der Waals surface area contributed by atoms with E-state index >= 15 is 0 Å². The molecule has 3 rings (SSSR count). The van der Waals surface area contributed by atoms with Crippen LogP contribution in [0.2, 0.25) is 6.82 Å². The number of esters is 2. The van der Waals surface area contributed by atoms with Crippen LogP contribution in [0, 0.1) is 5.92 Å². The first-order valence-corrected chi connectivity index (χ1v) is 24.0. The summed E-state index contributed by atoms with van der Waals surface area (Å²) >= 11 is 0. The van der Waals surface area contributed by atoms with Crippen molar-refractivity contribution in [2.24, 2.45) is 5.92 Å². The summed E-state index contributed by atoms with van der Waals surface area (Å²) < 4.78 is 32.5. The molecule has 0 spiro atoms. The van der Waals surface area contributed by atoms with Crippen LogP contribution in [0.1, 0.15) is 149 Å². The third-order valence-electron chi connectivity index (χ3n) is 11.0. The fourth-order valence-electron chi connectivity index (χ4n) is 7.16. The van der Waals surface area contributed by atoms with Crippen molar-refractivity contribution in [2.75, 3.05) is 33.6 Å². The van der Waals surface area contributed by atoms with Crippen LogP contribution in [0.15, 0.2) is 52.9 Å². The van der Waals surface area contributed by atoms with Gasteiger partial charge in [-0.2, -0.15) is 5.06 Å². The molecule has 0 aliphatic heterocycles. The summed E-state index contributed by atoms with van der Waals surface area (Å²) in [6.45, 7) is 12.5. The van der Waals surface area contributed by atoms with Gasteiger partial charge >= 0.3 is 31.4 Å². The molecular formula is C50H69BN4O15. The lowest BCUT2D eigenvalue weighted by atomic mass is 9.90. The van der Waals surface area contributed by atoms with E-state index in [9.17, 15) is 38.4 Å². The highest BCUT2D eigenvalue weighted by atomic mass is 16.7. The number of hydrogen-bond donors (Lipinski definition) is 3. The van der Waals surface area contributed by atoms with Gasteiger partial charge in [0.1, 0.15) is 23.3 Å². The first-order chi connectivity index (χ1) is 33.7. The lowest BCUT2D eigenvalue weighted by molar-refractivity contribution is -0.171. The van der Waals surface area contributed by atoms with Gasteiger partial charge in [-0.25, -0.2) is 9.59 Å². The molecule has 3 N–H and O–H groups in total. The summed E-state index contributed by atoms with van der Waals surface area (Å²) in [6.07, 6.45) is 5.67. The molecule has 0 unspecified atom stereocenters. The Kier molecular flexibility index (Phi) is 25.1. The molecule has 3 atom stereocenters. The van der Waals surface area contributed by atoms with Gasteiger partial charge in [-0.1, -0.05) is 86.5 Å². The van der Waals surface area contributed by atoms with Gasteiger partial charge in [0.15, 0.2) is 12.4 Å². The molecule has 4 amide bonds. The van der Waals surface area contributed by atoms with Gasteiger partial charge in [0.25, 0.3) is 11.8 Å². The number of nitrogens with zero attached hydrogens (tertiary/aromatic N) is 1. The first kappa shape index (κ1) is 57.5. The standard InChI is InChI=1S/C50H69BN4O15/c1-9-13-16-17-36(40(12-4)55(31-56)70-49(62)35-21-19-34(64-8)27-38(35)32(5)6)46(59)52-30-53-48(61)42-23-22-41(68-42)33-18-20-37(43(26-33)67-29-45(58)66-25-15-11-3)47(60)54-39(50(63)69-51-7)28-44(57)65-24-14-10-2/h18-23,26-27,31-32,36,39-40,51H,9-17,24-25,28-30H2,1-8H3,(H,52,59)(H,53,61)(H,54,60)/t36-,39+,40-/m1/s1. The Labute approximate surface area is 410 Å². The SMILES string of the molecule is CBOC(=O)[C@H](CC(=O)OCCCC)NC(=O)c1ccc(-c2ccc(C(=O)NCNC(=O)[C@H](CCCCC)[C@@H](CC)N(C=O)OC(=O)c3ccc(OC)cc3C(C)C)o2)cc1OCC(=O)OCCCC. The number of benzene rings is 2. The minimum atomic E-state index is -1.40. The summed E-state index contributed by atoms with van der Waals surface area (Å²) in [4.78, 5) is 110. The molecule has 3 aromatic rings. The van der Waals surface area contributed by atoms with E-state index in [1.54, 1.807) is 31.9 Å². The Balaban J connectivity index is 1.80. The second kappa shape index (κ2) is 30.6. The van der Waals surface area contributed by atoms with Gasteiger partial charge in [0.05, 0.1) is 56.5 Å². The molecule has 1 aromatic heterocycles. The number of amides is 4. The molecule has 20 heteroatoms. The maximum Gasteiger partial charge on any atom is 0.363 e. The van der Waals surface area contributed by atoms with Crippen molar-refractivity contribution in [2.45, 2.75) is 131 Å². The van der Waals surface area contributed by atoms with E-state index in [1.807, 2.05) is 34.6 Å². The molecule has 0 bridgehead atoms. The molecule has 70 heavy (non-hydrogen) atoms. The largest absolute Gasteiger partial charge is 0.539 e. The number of nitrogens with one attached hydrogen (secondary N) is 3. The predicted octanol–water partition coefficient (Wildman–Crippen LogP) is 6.58. The van der Waals surface area contributed by atoms with Crippen LogP contribution in [0.5, 0.6) is 11.5 Å². The number of furan rings is 1. The second-order valence-corrected chi connectivity index (χ2v) is 16.5. The van der Waals surface area contributed by atoms with Crippen LogP contribution in [0.4, 0.5) is 0 Å². The minimum Gasteiger partial charge on any atom is -0.539 e. The Morgan fingerprint density at radius 1 is 0.800 bits per heavy atom. The molecule has 2 aromatic carbocycles. The maximum absolute atomic E-state index is 13.8. The van der Waals surface area contributed by atoms with Crippen molar-refractivity contribution in [1.29, 1.82) is 0 Å². The van der Waals surface area contributed by atoms with Crippen molar-refractivity contribution in [3.8, 4) is 22.8 Å². The van der Waals surface area contributed by atoms with Crippen molar-refractivity contribution in [1.82, 2.24) is 21.0 Å². The van der Waals surface area contributed by atoms with Crippen LogP contribution in [0.25, 0.3) is 11.3 Å². The van der Waals surface area contributed by atoms with Crippen LogP contribution in [-0.2, 0) is 42.9 Å². The van der Waals surface area contributed by atoms with Crippen molar-refractivity contribution in [3.63, 3.8) is 0 Å². The van der Waals surface area contributed by atoms with Gasteiger partial charge in [0.2, 0.25) is 12.3 Å². The van der Waals surface area contributed by atoms with Gasteiger partial charge in [-0.3, -0.25) is 28.8 Å². The quantitative estimate of drug-likeness (QED) is 0.0114. The summed E-state index contributed by atoms with van der Waals surface area (Å²) in [7, 11) is 1.51. The number of hydroxylamine groups is 2. The predicted molar refractivity (Wildman–Crippen MR) is 259 cm³/mol. The zero-order valence-electron chi connectivity index (χ0n) is 41.7. The molecule has 19 nitrogen and oxygen atoms in total. The third kappa shape index (κ3) is 17.9. The monoisotopic (exact) mass is 976 g/mol. The Hall–Kier alpha value is -6.86. The van der Waals surface area contributed by atoms with E-state index in [4.69, 9.17) is 32.9 Å². The third-order valence-corrected chi connectivity index (χ3v) is 11.0. The zero-order chi connectivity index (χ0) is 51.6. The Morgan fingerprint density at radius 3 is 2.11 bits per heavy atom. The molecule has 0 saturated carbocycles. The molecule has 0 saturated heterocycles. The van der Waals surface area contributed by atoms with Gasteiger partial charge < -0.3 is 48.8 Å². The summed E-state index contributed by atoms with van der Waals surface area (Å²) in [6, 6.07) is 9.83. The second-order valence-electron chi connectivity index (χ2n) is 16.5. The molecule has 0 radical (unpaired) electrons. The lowest BCUT2D eigenvalue weighted by Gasteiger charge is -2.32. The number of carbonyl (C=O) groups excluding carboxylic acids is 8.